The third-order valence-corrected chi connectivity index (χ3v) is 3.61. The summed E-state index contributed by atoms with van der Waals surface area (Å²) in [5.74, 6) is 0.650. The van der Waals surface area contributed by atoms with E-state index in [1.165, 1.54) is 0 Å². The summed E-state index contributed by atoms with van der Waals surface area (Å²) >= 11 is 0. The average molecular weight is 244 g/mol. The first-order valence-corrected chi connectivity index (χ1v) is 6.07. The number of ether oxygens (including phenoxy) is 1. The molecule has 0 saturated carbocycles. The van der Waals surface area contributed by atoms with Crippen molar-refractivity contribution in [3.63, 3.8) is 0 Å². The van der Waals surface area contributed by atoms with Crippen LogP contribution in [0.3, 0.4) is 0 Å². The summed E-state index contributed by atoms with van der Waals surface area (Å²) in [4.78, 5) is 0. The number of hydrogen-bond donors (Lipinski definition) is 2. The van der Waals surface area contributed by atoms with E-state index < -0.39 is 17.8 Å². The van der Waals surface area contributed by atoms with Crippen molar-refractivity contribution in [2.45, 2.75) is 31.7 Å². The maximum Gasteiger partial charge on any atom is 0.132 e. The van der Waals surface area contributed by atoms with Crippen LogP contribution in [-0.4, -0.2) is 21.9 Å². The molecule has 0 fully saturated rings. The van der Waals surface area contributed by atoms with Gasteiger partial charge in [0, 0.05) is 5.56 Å². The summed E-state index contributed by atoms with van der Waals surface area (Å²) in [5.41, 5.74) is -0.102. The molecule has 1 aliphatic heterocycles. The second kappa shape index (κ2) is 3.70. The molecule has 2 atom stereocenters. The standard InChI is InChI=1S/C15H16O3/c1-15(2)14(17)13(16)12-10-6-4-3-5-9(10)7-8-11(12)18-15/h3-8,13-14,16-17H,1-2H3/t13?,14-/m1/s1. The molecule has 94 valence electrons. The van der Waals surface area contributed by atoms with Gasteiger partial charge in [-0.1, -0.05) is 30.3 Å². The maximum atomic E-state index is 10.3. The van der Waals surface area contributed by atoms with Crippen molar-refractivity contribution < 1.29 is 14.9 Å². The fraction of sp³-hybridized carbons (Fsp3) is 0.333. The minimum Gasteiger partial charge on any atom is -0.485 e. The fourth-order valence-electron chi connectivity index (χ4n) is 2.55. The Balaban J connectivity index is 2.29. The highest BCUT2D eigenvalue weighted by atomic mass is 16.5. The highest BCUT2D eigenvalue weighted by Crippen LogP contribution is 2.43. The molecule has 2 aromatic rings. The summed E-state index contributed by atoms with van der Waals surface area (Å²) in [6.45, 7) is 3.55. The van der Waals surface area contributed by atoms with Crippen molar-refractivity contribution in [3.8, 4) is 5.75 Å². The number of aliphatic hydroxyl groups is 2. The molecule has 0 spiro atoms. The molecule has 0 bridgehead atoms. The lowest BCUT2D eigenvalue weighted by Gasteiger charge is -2.40. The fourth-order valence-corrected chi connectivity index (χ4v) is 2.55. The Labute approximate surface area is 106 Å². The van der Waals surface area contributed by atoms with E-state index in [2.05, 4.69) is 0 Å². The lowest BCUT2D eigenvalue weighted by Crippen LogP contribution is -2.48. The molecular formula is C15H16O3. The van der Waals surface area contributed by atoms with Crippen molar-refractivity contribution in [2.75, 3.05) is 0 Å². The van der Waals surface area contributed by atoms with Gasteiger partial charge in [-0.3, -0.25) is 0 Å². The van der Waals surface area contributed by atoms with Gasteiger partial charge in [-0.05, 0) is 30.7 Å². The van der Waals surface area contributed by atoms with Crippen LogP contribution >= 0.6 is 0 Å². The van der Waals surface area contributed by atoms with Crippen LogP contribution in [0, 0.1) is 0 Å². The Hall–Kier alpha value is -1.58. The van der Waals surface area contributed by atoms with E-state index in [-0.39, 0.29) is 0 Å². The Morgan fingerprint density at radius 3 is 2.56 bits per heavy atom. The summed E-state index contributed by atoms with van der Waals surface area (Å²) in [5, 5.41) is 22.4. The van der Waals surface area contributed by atoms with Crippen LogP contribution in [0.2, 0.25) is 0 Å². The summed E-state index contributed by atoms with van der Waals surface area (Å²) in [7, 11) is 0. The predicted octanol–water partition coefficient (Wildman–Crippen LogP) is 2.41. The molecule has 1 aliphatic rings. The van der Waals surface area contributed by atoms with Crippen molar-refractivity contribution in [3.05, 3.63) is 42.0 Å². The summed E-state index contributed by atoms with van der Waals surface area (Å²) in [6, 6.07) is 11.6. The van der Waals surface area contributed by atoms with Gasteiger partial charge in [-0.15, -0.1) is 0 Å². The van der Waals surface area contributed by atoms with Crippen molar-refractivity contribution >= 4 is 10.8 Å². The number of aliphatic hydroxyl groups excluding tert-OH is 2. The molecule has 3 rings (SSSR count). The first kappa shape index (κ1) is 11.5. The van der Waals surface area contributed by atoms with Gasteiger partial charge in [0.1, 0.15) is 23.6 Å². The topological polar surface area (TPSA) is 49.7 Å². The molecule has 0 amide bonds. The monoisotopic (exact) mass is 244 g/mol. The Morgan fingerprint density at radius 1 is 1.06 bits per heavy atom. The summed E-state index contributed by atoms with van der Waals surface area (Å²) in [6.07, 6.45) is -1.86. The van der Waals surface area contributed by atoms with Gasteiger partial charge in [-0.2, -0.15) is 0 Å². The van der Waals surface area contributed by atoms with Crippen molar-refractivity contribution in [1.29, 1.82) is 0 Å². The second-order valence-corrected chi connectivity index (χ2v) is 5.29. The van der Waals surface area contributed by atoms with E-state index in [0.717, 1.165) is 10.8 Å². The minimum atomic E-state index is -0.934. The predicted molar refractivity (Wildman–Crippen MR) is 69.6 cm³/mol. The van der Waals surface area contributed by atoms with Gasteiger partial charge >= 0.3 is 0 Å². The maximum absolute atomic E-state index is 10.3. The lowest BCUT2D eigenvalue weighted by molar-refractivity contribution is -0.111. The van der Waals surface area contributed by atoms with Gasteiger partial charge in [0.15, 0.2) is 0 Å². The molecule has 18 heavy (non-hydrogen) atoms. The number of hydrogen-bond acceptors (Lipinski definition) is 3. The van der Waals surface area contributed by atoms with Crippen LogP contribution in [0.4, 0.5) is 0 Å². The van der Waals surface area contributed by atoms with Crippen molar-refractivity contribution in [1.82, 2.24) is 0 Å². The molecule has 0 radical (unpaired) electrons. The number of rotatable bonds is 0. The molecule has 0 saturated heterocycles. The largest absolute Gasteiger partial charge is 0.485 e. The van der Waals surface area contributed by atoms with Gasteiger partial charge in [-0.25, -0.2) is 0 Å². The zero-order valence-corrected chi connectivity index (χ0v) is 10.4. The quantitative estimate of drug-likeness (QED) is 0.748. The van der Waals surface area contributed by atoms with Crippen LogP contribution in [0.1, 0.15) is 25.5 Å². The van der Waals surface area contributed by atoms with Crippen LogP contribution < -0.4 is 4.74 Å². The van der Waals surface area contributed by atoms with E-state index in [4.69, 9.17) is 4.74 Å². The molecule has 2 aromatic carbocycles. The first-order chi connectivity index (χ1) is 8.50. The molecule has 2 N–H and O–H groups in total. The zero-order chi connectivity index (χ0) is 12.9. The normalized spacial score (nSPS) is 25.6. The third-order valence-electron chi connectivity index (χ3n) is 3.61. The van der Waals surface area contributed by atoms with E-state index >= 15 is 0 Å². The van der Waals surface area contributed by atoms with E-state index in [0.29, 0.717) is 11.3 Å². The van der Waals surface area contributed by atoms with Gasteiger partial charge < -0.3 is 14.9 Å². The molecular weight excluding hydrogens is 228 g/mol. The van der Waals surface area contributed by atoms with Gasteiger partial charge in [0.25, 0.3) is 0 Å². The van der Waals surface area contributed by atoms with Crippen LogP contribution in [-0.2, 0) is 0 Å². The molecule has 1 heterocycles. The van der Waals surface area contributed by atoms with Gasteiger partial charge in [0.2, 0.25) is 0 Å². The molecule has 3 nitrogen and oxygen atoms in total. The van der Waals surface area contributed by atoms with E-state index in [1.807, 2.05) is 36.4 Å². The summed E-state index contributed by atoms with van der Waals surface area (Å²) < 4.78 is 5.80. The minimum absolute atomic E-state index is 0.650. The highest BCUT2D eigenvalue weighted by Gasteiger charge is 2.42. The highest BCUT2D eigenvalue weighted by molar-refractivity contribution is 5.88. The second-order valence-electron chi connectivity index (χ2n) is 5.29. The molecule has 0 aliphatic carbocycles. The van der Waals surface area contributed by atoms with Crippen molar-refractivity contribution in [2.24, 2.45) is 0 Å². The molecule has 1 unspecified atom stereocenters. The lowest BCUT2D eigenvalue weighted by atomic mass is 9.86. The molecule has 3 heteroatoms. The number of benzene rings is 2. The van der Waals surface area contributed by atoms with E-state index in [1.54, 1.807) is 13.8 Å². The SMILES string of the molecule is CC1(C)Oc2ccc3ccccc3c2C(O)[C@H]1O. The average Bonchev–Trinajstić information content (AvgIpc) is 2.35. The first-order valence-electron chi connectivity index (χ1n) is 6.07. The zero-order valence-electron chi connectivity index (χ0n) is 10.4. The third kappa shape index (κ3) is 1.51. The smallest absolute Gasteiger partial charge is 0.132 e. The Kier molecular flexibility index (Phi) is 2.37. The van der Waals surface area contributed by atoms with E-state index in [9.17, 15) is 10.2 Å². The van der Waals surface area contributed by atoms with Crippen LogP contribution in [0.5, 0.6) is 5.75 Å². The molecule has 0 aromatic heterocycles. The van der Waals surface area contributed by atoms with Crippen LogP contribution in [0.25, 0.3) is 10.8 Å². The van der Waals surface area contributed by atoms with Crippen LogP contribution in [0.15, 0.2) is 36.4 Å². The van der Waals surface area contributed by atoms with Gasteiger partial charge in [0.05, 0.1) is 0 Å². The number of fused-ring (bicyclic) bond motifs is 3. The Bertz CT molecular complexity index is 604. The Morgan fingerprint density at radius 2 is 1.78 bits per heavy atom.